The zero-order chi connectivity index (χ0) is 25.7. The van der Waals surface area contributed by atoms with Gasteiger partial charge in [0.2, 0.25) is 0 Å². The molecule has 0 unspecified atom stereocenters. The van der Waals surface area contributed by atoms with Gasteiger partial charge in [-0.25, -0.2) is 9.67 Å². The molecule has 6 rings (SSSR count). The van der Waals surface area contributed by atoms with Crippen molar-refractivity contribution in [1.82, 2.24) is 29.7 Å². The Morgan fingerprint density at radius 3 is 2.46 bits per heavy atom. The maximum Gasteiger partial charge on any atom is 0.416 e. The van der Waals surface area contributed by atoms with Gasteiger partial charge in [-0.2, -0.15) is 13.2 Å². The van der Waals surface area contributed by atoms with Gasteiger partial charge in [-0.15, -0.1) is 5.10 Å². The van der Waals surface area contributed by atoms with Gasteiger partial charge < -0.3 is 5.32 Å². The average Bonchev–Trinajstić information content (AvgIpc) is 3.52. The Morgan fingerprint density at radius 2 is 1.68 bits per heavy atom. The molecule has 10 heteroatoms. The van der Waals surface area contributed by atoms with E-state index in [1.165, 1.54) is 23.0 Å². The first-order valence-corrected chi connectivity index (χ1v) is 11.5. The SMILES string of the molecule is Cc1nc2c3ccccc3c3ccccc3n2c1C(=O)NCc1cn(-c2cccc(C(F)(F)F)c2)nn1. The molecule has 0 spiro atoms. The molecule has 0 aliphatic heterocycles. The first-order chi connectivity index (χ1) is 17.8. The van der Waals surface area contributed by atoms with E-state index < -0.39 is 11.7 Å². The van der Waals surface area contributed by atoms with Crippen LogP contribution in [0.3, 0.4) is 0 Å². The summed E-state index contributed by atoms with van der Waals surface area (Å²) in [6, 6.07) is 20.6. The molecule has 0 fully saturated rings. The number of carbonyl (C=O) groups excluding carboxylic acids is 1. The normalized spacial score (nSPS) is 12.0. The minimum atomic E-state index is -4.46. The Bertz CT molecular complexity index is 1820. The minimum absolute atomic E-state index is 0.0377. The number of para-hydroxylation sites is 1. The van der Waals surface area contributed by atoms with Gasteiger partial charge in [0.25, 0.3) is 5.91 Å². The summed E-state index contributed by atoms with van der Waals surface area (Å²) >= 11 is 0. The van der Waals surface area contributed by atoms with Crippen molar-refractivity contribution in [3.8, 4) is 5.69 Å². The number of hydrogen-bond acceptors (Lipinski definition) is 4. The fourth-order valence-electron chi connectivity index (χ4n) is 4.60. The van der Waals surface area contributed by atoms with Crippen LogP contribution in [0.1, 0.15) is 27.4 Å². The van der Waals surface area contributed by atoms with Gasteiger partial charge in [-0.3, -0.25) is 9.20 Å². The lowest BCUT2D eigenvalue weighted by Crippen LogP contribution is -2.25. The zero-order valence-electron chi connectivity index (χ0n) is 19.5. The maximum absolute atomic E-state index is 13.4. The molecule has 0 aliphatic rings. The molecular formula is C27H19F3N6O. The van der Waals surface area contributed by atoms with Crippen LogP contribution in [-0.2, 0) is 12.7 Å². The number of rotatable bonds is 4. The summed E-state index contributed by atoms with van der Waals surface area (Å²) < 4.78 is 42.3. The molecular weight excluding hydrogens is 481 g/mol. The summed E-state index contributed by atoms with van der Waals surface area (Å²) in [5, 5.41) is 13.8. The Morgan fingerprint density at radius 1 is 0.946 bits per heavy atom. The lowest BCUT2D eigenvalue weighted by Gasteiger charge is -2.10. The summed E-state index contributed by atoms with van der Waals surface area (Å²) in [6.07, 6.45) is -2.98. The number of pyridine rings is 1. The van der Waals surface area contributed by atoms with E-state index in [0.29, 0.717) is 22.7 Å². The fraction of sp³-hybridized carbons (Fsp3) is 0.111. The van der Waals surface area contributed by atoms with Crippen molar-refractivity contribution in [2.45, 2.75) is 19.6 Å². The molecule has 184 valence electrons. The van der Waals surface area contributed by atoms with E-state index in [1.807, 2.05) is 52.9 Å². The third-order valence-corrected chi connectivity index (χ3v) is 6.28. The number of aryl methyl sites for hydroxylation is 1. The van der Waals surface area contributed by atoms with Gasteiger partial charge in [0.15, 0.2) is 0 Å². The molecule has 1 amide bonds. The van der Waals surface area contributed by atoms with Crippen LogP contribution < -0.4 is 5.32 Å². The molecule has 0 radical (unpaired) electrons. The quantitative estimate of drug-likeness (QED) is 0.325. The first-order valence-electron chi connectivity index (χ1n) is 11.5. The molecule has 0 aliphatic carbocycles. The second-order valence-electron chi connectivity index (χ2n) is 8.65. The molecule has 3 heterocycles. The third-order valence-electron chi connectivity index (χ3n) is 6.28. The van der Waals surface area contributed by atoms with Crippen molar-refractivity contribution < 1.29 is 18.0 Å². The van der Waals surface area contributed by atoms with Crippen LogP contribution in [0, 0.1) is 6.92 Å². The van der Waals surface area contributed by atoms with Gasteiger partial charge >= 0.3 is 6.18 Å². The van der Waals surface area contributed by atoms with Crippen LogP contribution in [0.15, 0.2) is 79.0 Å². The number of benzene rings is 3. The van der Waals surface area contributed by atoms with E-state index in [0.717, 1.165) is 33.8 Å². The molecule has 0 saturated heterocycles. The Kier molecular flexibility index (Phi) is 5.18. The number of nitrogens with one attached hydrogen (secondary N) is 1. The summed E-state index contributed by atoms with van der Waals surface area (Å²) in [5.41, 5.74) is 2.36. The van der Waals surface area contributed by atoms with E-state index in [-0.39, 0.29) is 18.1 Å². The standard InChI is InChI=1S/C27H19F3N6O/c1-16-24(36-23-12-5-4-10-21(23)20-9-2-3-11-22(20)25(36)32-16)26(37)31-14-18-15-35(34-33-18)19-8-6-7-17(13-19)27(28,29)30/h2-13,15H,14H2,1H3,(H,31,37). The zero-order valence-corrected chi connectivity index (χ0v) is 19.5. The molecule has 1 N–H and O–H groups in total. The summed E-state index contributed by atoms with van der Waals surface area (Å²) in [5.74, 6) is -0.348. The molecule has 0 bridgehead atoms. The highest BCUT2D eigenvalue weighted by Gasteiger charge is 2.30. The van der Waals surface area contributed by atoms with E-state index in [2.05, 4.69) is 15.6 Å². The second-order valence-corrected chi connectivity index (χ2v) is 8.65. The average molecular weight is 500 g/mol. The molecule has 0 atom stereocenters. The van der Waals surface area contributed by atoms with E-state index >= 15 is 0 Å². The Labute approximate surface area is 208 Å². The monoisotopic (exact) mass is 500 g/mol. The van der Waals surface area contributed by atoms with Crippen LogP contribution in [0.25, 0.3) is 33.0 Å². The van der Waals surface area contributed by atoms with Crippen LogP contribution >= 0.6 is 0 Å². The molecule has 6 aromatic rings. The smallest absolute Gasteiger partial charge is 0.345 e. The number of aromatic nitrogens is 5. The highest BCUT2D eigenvalue weighted by molar-refractivity contribution is 6.13. The molecule has 37 heavy (non-hydrogen) atoms. The number of hydrogen-bond donors (Lipinski definition) is 1. The summed E-state index contributed by atoms with van der Waals surface area (Å²) in [7, 11) is 0. The fourth-order valence-corrected chi connectivity index (χ4v) is 4.60. The van der Waals surface area contributed by atoms with E-state index in [9.17, 15) is 18.0 Å². The lowest BCUT2D eigenvalue weighted by atomic mass is 10.1. The van der Waals surface area contributed by atoms with Gasteiger partial charge in [0, 0.05) is 10.8 Å². The van der Waals surface area contributed by atoms with Gasteiger partial charge in [-0.05, 0) is 36.6 Å². The van der Waals surface area contributed by atoms with Crippen molar-refractivity contribution in [2.75, 3.05) is 0 Å². The lowest BCUT2D eigenvalue weighted by molar-refractivity contribution is -0.137. The molecule has 3 aromatic carbocycles. The number of carbonyl (C=O) groups is 1. The van der Waals surface area contributed by atoms with E-state index in [1.54, 1.807) is 6.92 Å². The maximum atomic E-state index is 13.4. The number of amides is 1. The summed E-state index contributed by atoms with van der Waals surface area (Å²) in [6.45, 7) is 1.82. The Hall–Kier alpha value is -4.73. The molecule has 3 aromatic heterocycles. The van der Waals surface area contributed by atoms with Crippen LogP contribution in [-0.4, -0.2) is 30.3 Å². The van der Waals surface area contributed by atoms with Crippen LogP contribution in [0.4, 0.5) is 13.2 Å². The van der Waals surface area contributed by atoms with Gasteiger partial charge in [-0.1, -0.05) is 53.7 Å². The second kappa shape index (κ2) is 8.44. The van der Waals surface area contributed by atoms with Crippen molar-refractivity contribution in [3.05, 3.63) is 102 Å². The van der Waals surface area contributed by atoms with Crippen LogP contribution in [0.2, 0.25) is 0 Å². The molecule has 7 nitrogen and oxygen atoms in total. The topological polar surface area (TPSA) is 77.1 Å². The van der Waals surface area contributed by atoms with Crippen molar-refractivity contribution in [1.29, 1.82) is 0 Å². The number of alkyl halides is 3. The highest BCUT2D eigenvalue weighted by Crippen LogP contribution is 2.31. The summed E-state index contributed by atoms with van der Waals surface area (Å²) in [4.78, 5) is 18.1. The minimum Gasteiger partial charge on any atom is -0.345 e. The van der Waals surface area contributed by atoms with Crippen molar-refractivity contribution in [2.24, 2.45) is 0 Å². The van der Waals surface area contributed by atoms with Crippen molar-refractivity contribution in [3.63, 3.8) is 0 Å². The molecule has 0 saturated carbocycles. The number of halogens is 3. The Balaban J connectivity index is 1.33. The predicted molar refractivity (Wildman–Crippen MR) is 132 cm³/mol. The van der Waals surface area contributed by atoms with Crippen molar-refractivity contribution >= 4 is 33.2 Å². The number of imidazole rings is 1. The van der Waals surface area contributed by atoms with Gasteiger partial charge in [0.05, 0.1) is 35.2 Å². The number of fused-ring (bicyclic) bond motifs is 6. The van der Waals surface area contributed by atoms with E-state index in [4.69, 9.17) is 4.98 Å². The highest BCUT2D eigenvalue weighted by atomic mass is 19.4. The number of nitrogens with zero attached hydrogens (tertiary/aromatic N) is 5. The largest absolute Gasteiger partial charge is 0.416 e. The van der Waals surface area contributed by atoms with Gasteiger partial charge in [0.1, 0.15) is 17.0 Å². The third kappa shape index (κ3) is 3.86. The first kappa shape index (κ1) is 22.7. The van der Waals surface area contributed by atoms with Crippen LogP contribution in [0.5, 0.6) is 0 Å². The predicted octanol–water partition coefficient (Wildman–Crippen LogP) is 5.48.